The van der Waals surface area contributed by atoms with Crippen LogP contribution in [0.5, 0.6) is 0 Å². The van der Waals surface area contributed by atoms with Crippen molar-refractivity contribution < 1.29 is 38.6 Å². The molecule has 0 radical (unpaired) electrons. The van der Waals surface area contributed by atoms with E-state index >= 15 is 0 Å². The number of hydrogen-bond donors (Lipinski definition) is 4. The van der Waals surface area contributed by atoms with Crippen LogP contribution in [0.3, 0.4) is 0 Å². The number of aliphatic hydroxyl groups is 2. The van der Waals surface area contributed by atoms with Crippen LogP contribution in [0.25, 0.3) is 0 Å². The number of nitrogens with two attached hydrogens (primary N) is 2. The van der Waals surface area contributed by atoms with E-state index < -0.39 is 0 Å². The number of anilines is 2. The third kappa shape index (κ3) is 14.0. The molecule has 204 valence electrons. The number of hydrogen-bond acceptors (Lipinski definition) is 10. The van der Waals surface area contributed by atoms with Crippen LogP contribution < -0.4 is 11.5 Å². The van der Waals surface area contributed by atoms with Crippen molar-refractivity contribution in [2.24, 2.45) is 0 Å². The minimum atomic E-state index is 0.0174. The Morgan fingerprint density at radius 3 is 1.46 bits per heavy atom. The lowest BCUT2D eigenvalue weighted by atomic mass is 9.89. The quantitative estimate of drug-likeness (QED) is 0.127. The van der Waals surface area contributed by atoms with Crippen molar-refractivity contribution >= 4 is 11.4 Å². The van der Waals surface area contributed by atoms with Gasteiger partial charge in [0.2, 0.25) is 0 Å². The van der Waals surface area contributed by atoms with E-state index in [1.165, 1.54) is 0 Å². The van der Waals surface area contributed by atoms with Gasteiger partial charge in [-0.05, 0) is 41.5 Å². The first kappa shape index (κ1) is 31.5. The van der Waals surface area contributed by atoms with Crippen molar-refractivity contribution in [1.29, 1.82) is 0 Å². The molecular formula is C25H46N2O8. The zero-order valence-corrected chi connectivity index (χ0v) is 21.5. The molecule has 6 N–H and O–H groups in total. The SMILES string of the molecule is CC(C)c1c(N)c(CCOCCOCCOCCO)cc(N)c1CCOCCOCCOCCO. The molecule has 0 fully saturated rings. The van der Waals surface area contributed by atoms with Crippen molar-refractivity contribution in [1.82, 2.24) is 0 Å². The highest BCUT2D eigenvalue weighted by molar-refractivity contribution is 5.67. The van der Waals surface area contributed by atoms with Crippen molar-refractivity contribution in [2.45, 2.75) is 32.6 Å². The van der Waals surface area contributed by atoms with E-state index in [1.54, 1.807) is 0 Å². The Balaban J connectivity index is 2.38. The molecule has 0 saturated heterocycles. The molecule has 1 rings (SSSR count). The average molecular weight is 503 g/mol. The second kappa shape index (κ2) is 20.7. The lowest BCUT2D eigenvalue weighted by Crippen LogP contribution is -2.15. The predicted molar refractivity (Wildman–Crippen MR) is 136 cm³/mol. The van der Waals surface area contributed by atoms with E-state index in [9.17, 15) is 0 Å². The van der Waals surface area contributed by atoms with Crippen LogP contribution in [-0.4, -0.2) is 103 Å². The largest absolute Gasteiger partial charge is 0.398 e. The lowest BCUT2D eigenvalue weighted by molar-refractivity contribution is 0.00811. The molecule has 0 amide bonds. The fourth-order valence-electron chi connectivity index (χ4n) is 3.56. The Labute approximate surface area is 209 Å². The molecular weight excluding hydrogens is 456 g/mol. The zero-order chi connectivity index (χ0) is 25.7. The summed E-state index contributed by atoms with van der Waals surface area (Å²) in [6, 6.07) is 1.95. The fraction of sp³-hybridized carbons (Fsp3) is 0.760. The van der Waals surface area contributed by atoms with Gasteiger partial charge in [0.05, 0.1) is 92.5 Å². The van der Waals surface area contributed by atoms with E-state index in [-0.39, 0.29) is 19.1 Å². The molecule has 1 aromatic rings. The van der Waals surface area contributed by atoms with Gasteiger partial charge < -0.3 is 50.1 Å². The Kier molecular flexibility index (Phi) is 18.6. The first-order chi connectivity index (χ1) is 17.0. The number of ether oxygens (including phenoxy) is 6. The molecule has 10 heteroatoms. The van der Waals surface area contributed by atoms with Crippen LogP contribution in [0.2, 0.25) is 0 Å². The fourth-order valence-corrected chi connectivity index (χ4v) is 3.56. The molecule has 0 aliphatic heterocycles. The summed E-state index contributed by atoms with van der Waals surface area (Å²) in [5.41, 5.74) is 17.6. The minimum absolute atomic E-state index is 0.0174. The molecule has 35 heavy (non-hydrogen) atoms. The second-order valence-electron chi connectivity index (χ2n) is 8.21. The summed E-state index contributed by atoms with van der Waals surface area (Å²) in [6.45, 7) is 9.79. The average Bonchev–Trinajstić information content (AvgIpc) is 2.83. The first-order valence-electron chi connectivity index (χ1n) is 12.4. The summed E-state index contributed by atoms with van der Waals surface area (Å²) in [7, 11) is 0. The van der Waals surface area contributed by atoms with Gasteiger partial charge in [0.15, 0.2) is 0 Å². The third-order valence-electron chi connectivity index (χ3n) is 5.19. The second-order valence-corrected chi connectivity index (χ2v) is 8.21. The minimum Gasteiger partial charge on any atom is -0.398 e. The topological polar surface area (TPSA) is 148 Å². The number of rotatable bonds is 23. The van der Waals surface area contributed by atoms with Gasteiger partial charge in [-0.15, -0.1) is 0 Å². The molecule has 0 spiro atoms. The molecule has 0 heterocycles. The highest BCUT2D eigenvalue weighted by Gasteiger charge is 2.17. The Morgan fingerprint density at radius 1 is 0.629 bits per heavy atom. The van der Waals surface area contributed by atoms with Crippen LogP contribution in [0.15, 0.2) is 6.07 Å². The molecule has 0 saturated carbocycles. The molecule has 0 bridgehead atoms. The van der Waals surface area contributed by atoms with E-state index in [2.05, 4.69) is 13.8 Å². The maximum absolute atomic E-state index is 8.65. The molecule has 0 aromatic heterocycles. The van der Waals surface area contributed by atoms with Gasteiger partial charge in [-0.3, -0.25) is 0 Å². The molecule has 1 aromatic carbocycles. The van der Waals surface area contributed by atoms with Crippen LogP contribution in [0.4, 0.5) is 11.4 Å². The molecule has 0 atom stereocenters. The predicted octanol–water partition coefficient (Wildman–Crippen LogP) is 1.14. The Morgan fingerprint density at radius 2 is 1.03 bits per heavy atom. The number of aliphatic hydroxyl groups excluding tert-OH is 2. The van der Waals surface area contributed by atoms with Gasteiger partial charge in [-0.25, -0.2) is 0 Å². The normalized spacial score (nSPS) is 11.6. The Bertz CT molecular complexity index is 661. The van der Waals surface area contributed by atoms with E-state index in [0.717, 1.165) is 28.1 Å². The molecule has 10 nitrogen and oxygen atoms in total. The van der Waals surface area contributed by atoms with Crippen LogP contribution in [0.1, 0.15) is 36.5 Å². The van der Waals surface area contributed by atoms with Gasteiger partial charge in [-0.1, -0.05) is 13.8 Å². The van der Waals surface area contributed by atoms with Gasteiger partial charge >= 0.3 is 0 Å². The third-order valence-corrected chi connectivity index (χ3v) is 5.19. The lowest BCUT2D eigenvalue weighted by Gasteiger charge is -2.21. The van der Waals surface area contributed by atoms with Gasteiger partial charge in [0, 0.05) is 11.4 Å². The standard InChI is InChI=1S/C25H46N2O8/c1-20(2)24-22(4-8-31-12-16-35-18-14-33-10-6-29)23(26)19-21(25(24)27)3-7-30-11-15-34-17-13-32-9-5-28/h19-20,28-29H,3-18,26-27H2,1-2H3. The van der Waals surface area contributed by atoms with Gasteiger partial charge in [0.25, 0.3) is 0 Å². The summed E-state index contributed by atoms with van der Waals surface area (Å²) < 4.78 is 32.5. The summed E-state index contributed by atoms with van der Waals surface area (Å²) in [5.74, 6) is 0.233. The summed E-state index contributed by atoms with van der Waals surface area (Å²) in [5, 5.41) is 17.3. The summed E-state index contributed by atoms with van der Waals surface area (Å²) in [6.07, 6.45) is 1.35. The van der Waals surface area contributed by atoms with Crippen LogP contribution >= 0.6 is 0 Å². The molecule has 0 unspecified atom stereocenters. The van der Waals surface area contributed by atoms with E-state index in [0.29, 0.717) is 92.1 Å². The zero-order valence-electron chi connectivity index (χ0n) is 21.5. The van der Waals surface area contributed by atoms with Crippen LogP contribution in [0, 0.1) is 0 Å². The summed E-state index contributed by atoms with van der Waals surface area (Å²) in [4.78, 5) is 0. The van der Waals surface area contributed by atoms with Crippen LogP contribution in [-0.2, 0) is 41.3 Å². The molecule has 0 aliphatic rings. The summed E-state index contributed by atoms with van der Waals surface area (Å²) >= 11 is 0. The highest BCUT2D eigenvalue weighted by atomic mass is 16.6. The smallest absolute Gasteiger partial charge is 0.0701 e. The maximum atomic E-state index is 8.65. The monoisotopic (exact) mass is 502 g/mol. The highest BCUT2D eigenvalue weighted by Crippen LogP contribution is 2.34. The van der Waals surface area contributed by atoms with Crippen molar-refractivity contribution in [3.8, 4) is 0 Å². The maximum Gasteiger partial charge on any atom is 0.0701 e. The number of benzene rings is 1. The van der Waals surface area contributed by atoms with E-state index in [4.69, 9.17) is 50.1 Å². The Hall–Kier alpha value is -1.50. The van der Waals surface area contributed by atoms with Crippen molar-refractivity contribution in [2.75, 3.05) is 104 Å². The first-order valence-corrected chi connectivity index (χ1v) is 12.4. The number of nitrogen functional groups attached to an aromatic ring is 2. The van der Waals surface area contributed by atoms with E-state index in [1.807, 2.05) is 6.07 Å². The van der Waals surface area contributed by atoms with Gasteiger partial charge in [0.1, 0.15) is 0 Å². The van der Waals surface area contributed by atoms with Crippen molar-refractivity contribution in [3.63, 3.8) is 0 Å². The van der Waals surface area contributed by atoms with Gasteiger partial charge in [-0.2, -0.15) is 0 Å². The van der Waals surface area contributed by atoms with Crippen molar-refractivity contribution in [3.05, 3.63) is 22.8 Å². The molecule has 0 aliphatic carbocycles.